The Morgan fingerprint density at radius 3 is 2.59 bits per heavy atom. The molecule has 0 aliphatic rings. The summed E-state index contributed by atoms with van der Waals surface area (Å²) in [5, 5.41) is 12.7. The van der Waals surface area contributed by atoms with Crippen molar-refractivity contribution in [3.8, 4) is 22.5 Å². The number of nitrogens with two attached hydrogens (primary N) is 1. The van der Waals surface area contributed by atoms with Crippen LogP contribution in [0.1, 0.15) is 18.2 Å². The van der Waals surface area contributed by atoms with Crippen LogP contribution in [-0.2, 0) is 10.0 Å². The first-order valence-corrected chi connectivity index (χ1v) is 11.5. The maximum absolute atomic E-state index is 12.7. The number of hydrogen-bond acceptors (Lipinski definition) is 7. The summed E-state index contributed by atoms with van der Waals surface area (Å²) in [6.07, 6.45) is 1.59. The standard InChI is InChI=1S/C19H24N4O4SSi/c1-11-4-5-14(28(25,26)22-10-19(3,24)29)8-15(11)13-7-16(18(20)21-9-13)17-6-12(2)23-27-17/h4-9,22,24H,10H2,1-3,29H3,(H2,20,21). The molecule has 0 aliphatic carbocycles. The molecule has 0 aliphatic heterocycles. The first-order valence-electron chi connectivity index (χ1n) is 8.98. The third-order valence-corrected chi connectivity index (χ3v) is 6.09. The quantitative estimate of drug-likeness (QED) is 0.494. The van der Waals surface area contributed by atoms with Gasteiger partial charge in [-0.1, -0.05) is 11.2 Å². The van der Waals surface area contributed by atoms with Gasteiger partial charge in [-0.05, 0) is 50.1 Å². The van der Waals surface area contributed by atoms with Crippen molar-refractivity contribution in [1.82, 2.24) is 14.9 Å². The maximum atomic E-state index is 12.7. The molecule has 0 spiro atoms. The normalized spacial score (nSPS) is 14.1. The van der Waals surface area contributed by atoms with Gasteiger partial charge in [-0.2, -0.15) is 0 Å². The molecule has 0 radical (unpaired) electrons. The average Bonchev–Trinajstić information content (AvgIpc) is 3.06. The van der Waals surface area contributed by atoms with E-state index >= 15 is 0 Å². The summed E-state index contributed by atoms with van der Waals surface area (Å²) in [7, 11) is -3.33. The van der Waals surface area contributed by atoms with E-state index in [4.69, 9.17) is 10.3 Å². The van der Waals surface area contributed by atoms with Crippen molar-refractivity contribution in [2.75, 3.05) is 12.3 Å². The van der Waals surface area contributed by atoms with E-state index in [-0.39, 0.29) is 11.4 Å². The van der Waals surface area contributed by atoms with Gasteiger partial charge in [0.1, 0.15) is 5.82 Å². The van der Waals surface area contributed by atoms with E-state index < -0.39 is 15.2 Å². The molecule has 1 atom stereocenters. The number of nitrogen functional groups attached to an aromatic ring is 1. The van der Waals surface area contributed by atoms with E-state index in [2.05, 4.69) is 14.9 Å². The Kier molecular flexibility index (Phi) is 5.63. The maximum Gasteiger partial charge on any atom is 0.240 e. The van der Waals surface area contributed by atoms with Gasteiger partial charge in [0, 0.05) is 34.6 Å². The molecule has 10 heteroatoms. The zero-order chi connectivity index (χ0) is 21.4. The van der Waals surface area contributed by atoms with Gasteiger partial charge >= 0.3 is 0 Å². The molecule has 3 rings (SSSR count). The Labute approximate surface area is 172 Å². The summed E-state index contributed by atoms with van der Waals surface area (Å²) >= 11 is 0. The molecule has 8 nitrogen and oxygen atoms in total. The molecule has 0 saturated heterocycles. The molecule has 4 N–H and O–H groups in total. The monoisotopic (exact) mass is 432 g/mol. The highest BCUT2D eigenvalue weighted by molar-refractivity contribution is 7.89. The van der Waals surface area contributed by atoms with Crippen molar-refractivity contribution >= 4 is 26.1 Å². The Hall–Kier alpha value is -2.53. The highest BCUT2D eigenvalue weighted by Gasteiger charge is 2.21. The second-order valence-corrected chi connectivity index (χ2v) is 11.5. The number of nitrogens with zero attached hydrogens (tertiary/aromatic N) is 2. The van der Waals surface area contributed by atoms with E-state index in [9.17, 15) is 13.5 Å². The molecule has 0 bridgehead atoms. The number of anilines is 1. The van der Waals surface area contributed by atoms with Crippen LogP contribution in [0.15, 0.2) is 45.9 Å². The number of pyridine rings is 1. The summed E-state index contributed by atoms with van der Waals surface area (Å²) in [4.78, 5) is 4.35. The SMILES string of the molecule is Cc1cc(-c2cc(-c3cc(S(=O)(=O)NCC(C)(O)[SiH3])ccc3C)cnc2N)on1. The van der Waals surface area contributed by atoms with Crippen molar-refractivity contribution in [3.05, 3.63) is 47.8 Å². The van der Waals surface area contributed by atoms with E-state index in [1.807, 2.05) is 13.8 Å². The van der Waals surface area contributed by atoms with E-state index in [1.165, 1.54) is 6.07 Å². The predicted molar refractivity (Wildman–Crippen MR) is 115 cm³/mol. The van der Waals surface area contributed by atoms with Crippen molar-refractivity contribution in [1.29, 1.82) is 0 Å². The molecule has 1 unspecified atom stereocenters. The Morgan fingerprint density at radius 1 is 1.24 bits per heavy atom. The molecule has 3 aromatic rings. The van der Waals surface area contributed by atoms with Crippen LogP contribution in [0.25, 0.3) is 22.5 Å². The third-order valence-electron chi connectivity index (χ3n) is 4.34. The number of rotatable bonds is 6. The lowest BCUT2D eigenvalue weighted by Gasteiger charge is -2.18. The van der Waals surface area contributed by atoms with Gasteiger partial charge in [0.15, 0.2) is 5.76 Å². The second-order valence-electron chi connectivity index (χ2n) is 7.60. The highest BCUT2D eigenvalue weighted by atomic mass is 32.2. The highest BCUT2D eigenvalue weighted by Crippen LogP contribution is 2.32. The van der Waals surface area contributed by atoms with Crippen molar-refractivity contribution < 1.29 is 18.0 Å². The van der Waals surface area contributed by atoms with Crippen LogP contribution in [0.5, 0.6) is 0 Å². The number of aryl methyl sites for hydroxylation is 2. The lowest BCUT2D eigenvalue weighted by atomic mass is 10.00. The number of aliphatic hydroxyl groups is 1. The number of sulfonamides is 1. The van der Waals surface area contributed by atoms with Crippen LogP contribution in [0.2, 0.25) is 0 Å². The average molecular weight is 433 g/mol. The van der Waals surface area contributed by atoms with Crippen LogP contribution < -0.4 is 10.5 Å². The number of hydrogen-bond donors (Lipinski definition) is 3. The summed E-state index contributed by atoms with van der Waals surface area (Å²) in [6, 6.07) is 8.42. The fourth-order valence-corrected chi connectivity index (χ4v) is 4.41. The molecule has 2 aromatic heterocycles. The van der Waals surface area contributed by atoms with Crippen LogP contribution in [0.3, 0.4) is 0 Å². The summed E-state index contributed by atoms with van der Waals surface area (Å²) in [5.41, 5.74) is 9.59. The van der Waals surface area contributed by atoms with Crippen LogP contribution in [0.4, 0.5) is 5.82 Å². The van der Waals surface area contributed by atoms with Gasteiger partial charge in [-0.3, -0.25) is 0 Å². The number of benzene rings is 1. The predicted octanol–water partition coefficient (Wildman–Crippen LogP) is 0.955. The van der Waals surface area contributed by atoms with Crippen molar-refractivity contribution in [2.24, 2.45) is 0 Å². The summed E-state index contributed by atoms with van der Waals surface area (Å²) < 4.78 is 33.1. The van der Waals surface area contributed by atoms with Crippen LogP contribution >= 0.6 is 0 Å². The molecule has 1 aromatic carbocycles. The molecule has 0 amide bonds. The lowest BCUT2D eigenvalue weighted by molar-refractivity contribution is 0.153. The topological polar surface area (TPSA) is 131 Å². The Morgan fingerprint density at radius 2 is 1.97 bits per heavy atom. The second kappa shape index (κ2) is 7.71. The minimum atomic E-state index is -3.77. The van der Waals surface area contributed by atoms with E-state index in [0.717, 1.165) is 11.3 Å². The molecule has 29 heavy (non-hydrogen) atoms. The molecule has 2 heterocycles. The Balaban J connectivity index is 2.03. The van der Waals surface area contributed by atoms with Crippen LogP contribution in [-0.4, -0.2) is 45.7 Å². The minimum absolute atomic E-state index is 0.0385. The molecular weight excluding hydrogens is 408 g/mol. The van der Waals surface area contributed by atoms with Gasteiger partial charge in [0.2, 0.25) is 10.0 Å². The fraction of sp³-hybridized carbons (Fsp3) is 0.263. The van der Waals surface area contributed by atoms with Gasteiger partial charge in [-0.25, -0.2) is 18.1 Å². The molecular formula is C19H24N4O4SSi. The van der Waals surface area contributed by atoms with Gasteiger partial charge < -0.3 is 15.4 Å². The largest absolute Gasteiger partial charge is 0.393 e. The zero-order valence-electron chi connectivity index (χ0n) is 16.7. The van der Waals surface area contributed by atoms with Crippen LogP contribution in [0, 0.1) is 13.8 Å². The fourth-order valence-electron chi connectivity index (χ4n) is 2.74. The molecule has 154 valence electrons. The smallest absolute Gasteiger partial charge is 0.240 e. The molecule has 0 fully saturated rings. The third kappa shape index (κ3) is 4.91. The Bertz CT molecular complexity index is 1150. The van der Waals surface area contributed by atoms with Crippen molar-refractivity contribution in [3.63, 3.8) is 0 Å². The minimum Gasteiger partial charge on any atom is -0.393 e. The molecule has 0 saturated carbocycles. The summed E-state index contributed by atoms with van der Waals surface area (Å²) in [6.45, 7) is 5.25. The van der Waals surface area contributed by atoms with Gasteiger partial charge in [0.05, 0.1) is 21.4 Å². The summed E-state index contributed by atoms with van der Waals surface area (Å²) in [5.74, 6) is 0.786. The van der Waals surface area contributed by atoms with Gasteiger partial charge in [0.25, 0.3) is 0 Å². The number of aromatic nitrogens is 2. The van der Waals surface area contributed by atoms with E-state index in [1.54, 1.807) is 37.4 Å². The first-order chi connectivity index (χ1) is 13.5. The number of nitrogens with one attached hydrogen (secondary N) is 1. The van der Waals surface area contributed by atoms with E-state index in [0.29, 0.717) is 38.5 Å². The van der Waals surface area contributed by atoms with Gasteiger partial charge in [-0.15, -0.1) is 0 Å². The first kappa shape index (κ1) is 21.2. The lowest BCUT2D eigenvalue weighted by Crippen LogP contribution is -2.40. The van der Waals surface area contributed by atoms with Crippen molar-refractivity contribution in [2.45, 2.75) is 30.9 Å². The zero-order valence-corrected chi connectivity index (χ0v) is 19.5.